The number of rotatable bonds is 12. The van der Waals surface area contributed by atoms with Crippen molar-refractivity contribution >= 4 is 11.8 Å². The van der Waals surface area contributed by atoms with Crippen LogP contribution in [-0.4, -0.2) is 35.9 Å². The van der Waals surface area contributed by atoms with Crippen LogP contribution in [0, 0.1) is 5.92 Å². The second-order valence-electron chi connectivity index (χ2n) is 7.84. The molecule has 0 aliphatic carbocycles. The van der Waals surface area contributed by atoms with Gasteiger partial charge < -0.3 is 15.0 Å². The minimum atomic E-state index is -0.480. The van der Waals surface area contributed by atoms with Crippen LogP contribution in [0.25, 0.3) is 0 Å². The molecule has 5 nitrogen and oxygen atoms in total. The first-order valence-corrected chi connectivity index (χ1v) is 10.8. The SMILES string of the molecule is CCC(C(=O)NCC(C)C)N(Cc1ccccc1)C(=O)CCCOc1ccccc1. The summed E-state index contributed by atoms with van der Waals surface area (Å²) in [7, 11) is 0. The molecule has 0 aliphatic rings. The van der Waals surface area contributed by atoms with E-state index in [0.717, 1.165) is 11.3 Å². The maximum absolute atomic E-state index is 13.1. The van der Waals surface area contributed by atoms with Crippen LogP contribution in [0.4, 0.5) is 0 Å². The molecule has 5 heteroatoms. The zero-order valence-corrected chi connectivity index (χ0v) is 18.3. The monoisotopic (exact) mass is 410 g/mol. The molecule has 162 valence electrons. The molecule has 0 aromatic heterocycles. The molecule has 0 fully saturated rings. The van der Waals surface area contributed by atoms with Gasteiger partial charge in [0.15, 0.2) is 0 Å². The first kappa shape index (κ1) is 23.5. The molecule has 2 rings (SSSR count). The van der Waals surface area contributed by atoms with Crippen molar-refractivity contribution in [1.29, 1.82) is 0 Å². The summed E-state index contributed by atoms with van der Waals surface area (Å²) < 4.78 is 5.70. The zero-order valence-electron chi connectivity index (χ0n) is 18.3. The Hall–Kier alpha value is -2.82. The summed E-state index contributed by atoms with van der Waals surface area (Å²) in [6.07, 6.45) is 1.51. The highest BCUT2D eigenvalue weighted by Crippen LogP contribution is 2.15. The van der Waals surface area contributed by atoms with Crippen molar-refractivity contribution in [3.05, 3.63) is 66.2 Å². The lowest BCUT2D eigenvalue weighted by Gasteiger charge is -2.31. The minimum Gasteiger partial charge on any atom is -0.494 e. The van der Waals surface area contributed by atoms with E-state index in [4.69, 9.17) is 4.74 Å². The van der Waals surface area contributed by atoms with E-state index in [2.05, 4.69) is 19.2 Å². The van der Waals surface area contributed by atoms with Gasteiger partial charge in [0.2, 0.25) is 11.8 Å². The Morgan fingerprint density at radius 3 is 2.23 bits per heavy atom. The van der Waals surface area contributed by atoms with Gasteiger partial charge >= 0.3 is 0 Å². The van der Waals surface area contributed by atoms with Gasteiger partial charge in [-0.15, -0.1) is 0 Å². The third kappa shape index (κ3) is 7.90. The van der Waals surface area contributed by atoms with E-state index in [9.17, 15) is 9.59 Å². The molecule has 1 N–H and O–H groups in total. The van der Waals surface area contributed by atoms with Crippen LogP contribution in [0.5, 0.6) is 5.75 Å². The molecule has 0 aliphatic heterocycles. The summed E-state index contributed by atoms with van der Waals surface area (Å²) in [5, 5.41) is 2.99. The molecule has 0 heterocycles. The third-order valence-corrected chi connectivity index (χ3v) is 4.81. The number of nitrogens with one attached hydrogen (secondary N) is 1. The fourth-order valence-corrected chi connectivity index (χ4v) is 3.20. The molecule has 2 amide bonds. The highest BCUT2D eigenvalue weighted by molar-refractivity contribution is 5.87. The lowest BCUT2D eigenvalue weighted by Crippen LogP contribution is -2.49. The number of benzene rings is 2. The van der Waals surface area contributed by atoms with Crippen LogP contribution in [-0.2, 0) is 16.1 Å². The van der Waals surface area contributed by atoms with Crippen LogP contribution in [0.3, 0.4) is 0 Å². The Balaban J connectivity index is 2.01. The van der Waals surface area contributed by atoms with Gasteiger partial charge in [-0.2, -0.15) is 0 Å². The van der Waals surface area contributed by atoms with E-state index in [-0.39, 0.29) is 11.8 Å². The Kier molecular flexibility index (Phi) is 9.92. The van der Waals surface area contributed by atoms with Crippen molar-refractivity contribution in [3.8, 4) is 5.75 Å². The first-order valence-electron chi connectivity index (χ1n) is 10.8. The number of nitrogens with zero attached hydrogens (tertiary/aromatic N) is 1. The van der Waals surface area contributed by atoms with Crippen LogP contribution in [0.15, 0.2) is 60.7 Å². The predicted molar refractivity (Wildman–Crippen MR) is 120 cm³/mol. The van der Waals surface area contributed by atoms with Gasteiger partial charge in [0, 0.05) is 19.5 Å². The van der Waals surface area contributed by atoms with E-state index in [0.29, 0.717) is 44.9 Å². The quantitative estimate of drug-likeness (QED) is 0.527. The number of carbonyl (C=O) groups excluding carboxylic acids is 2. The summed E-state index contributed by atoms with van der Waals surface area (Å²) in [5.41, 5.74) is 1.02. The van der Waals surface area contributed by atoms with Crippen LogP contribution in [0.2, 0.25) is 0 Å². The first-order chi connectivity index (χ1) is 14.5. The van der Waals surface area contributed by atoms with Gasteiger partial charge in [0.25, 0.3) is 0 Å². The summed E-state index contributed by atoms with van der Waals surface area (Å²) in [6, 6.07) is 18.9. The van der Waals surface area contributed by atoms with Gasteiger partial charge in [-0.1, -0.05) is 69.3 Å². The van der Waals surface area contributed by atoms with Crippen molar-refractivity contribution in [2.75, 3.05) is 13.2 Å². The van der Waals surface area contributed by atoms with E-state index in [1.54, 1.807) is 4.90 Å². The maximum atomic E-state index is 13.1. The van der Waals surface area contributed by atoms with Crippen molar-refractivity contribution in [1.82, 2.24) is 10.2 Å². The number of hydrogen-bond acceptors (Lipinski definition) is 3. The smallest absolute Gasteiger partial charge is 0.242 e. The molecular weight excluding hydrogens is 376 g/mol. The number of ether oxygens (including phenoxy) is 1. The molecule has 2 aromatic rings. The average Bonchev–Trinajstić information content (AvgIpc) is 2.76. The van der Waals surface area contributed by atoms with Gasteiger partial charge in [-0.3, -0.25) is 9.59 Å². The number of para-hydroxylation sites is 1. The van der Waals surface area contributed by atoms with Crippen LogP contribution < -0.4 is 10.1 Å². The summed E-state index contributed by atoms with van der Waals surface area (Å²) in [6.45, 7) is 7.55. The molecular formula is C25H34N2O3. The zero-order chi connectivity index (χ0) is 21.8. The largest absolute Gasteiger partial charge is 0.494 e. The summed E-state index contributed by atoms with van der Waals surface area (Å²) in [5.74, 6) is 1.04. The highest BCUT2D eigenvalue weighted by Gasteiger charge is 2.28. The molecule has 0 saturated heterocycles. The second kappa shape index (κ2) is 12.7. The normalized spacial score (nSPS) is 11.7. The van der Waals surface area contributed by atoms with Gasteiger partial charge in [0.05, 0.1) is 6.61 Å². The molecule has 30 heavy (non-hydrogen) atoms. The van der Waals surface area contributed by atoms with E-state index >= 15 is 0 Å². The molecule has 2 aromatic carbocycles. The summed E-state index contributed by atoms with van der Waals surface area (Å²) in [4.78, 5) is 27.6. The average molecular weight is 411 g/mol. The predicted octanol–water partition coefficient (Wildman–Crippen LogP) is 4.43. The van der Waals surface area contributed by atoms with Crippen molar-refractivity contribution < 1.29 is 14.3 Å². The Bertz CT molecular complexity index is 762. The molecule has 0 bridgehead atoms. The Morgan fingerprint density at radius 1 is 1.00 bits per heavy atom. The van der Waals surface area contributed by atoms with Gasteiger partial charge in [-0.25, -0.2) is 0 Å². The molecule has 1 atom stereocenters. The lowest BCUT2D eigenvalue weighted by molar-refractivity contribution is -0.141. The summed E-state index contributed by atoms with van der Waals surface area (Å²) >= 11 is 0. The topological polar surface area (TPSA) is 58.6 Å². The Morgan fingerprint density at radius 2 is 1.63 bits per heavy atom. The van der Waals surface area contributed by atoms with E-state index in [1.807, 2.05) is 67.6 Å². The standard InChI is InChI=1S/C25H34N2O3/c1-4-23(25(29)26-18-20(2)3)27(19-21-12-7-5-8-13-21)24(28)16-11-17-30-22-14-9-6-10-15-22/h5-10,12-15,20,23H,4,11,16-19H2,1-3H3,(H,26,29). The maximum Gasteiger partial charge on any atom is 0.242 e. The van der Waals surface area contributed by atoms with Crippen LogP contribution in [0.1, 0.15) is 45.6 Å². The van der Waals surface area contributed by atoms with Crippen molar-refractivity contribution in [2.45, 2.75) is 52.6 Å². The Labute approximate surface area is 180 Å². The van der Waals surface area contributed by atoms with E-state index in [1.165, 1.54) is 0 Å². The molecule has 1 unspecified atom stereocenters. The van der Waals surface area contributed by atoms with Gasteiger partial charge in [0.1, 0.15) is 11.8 Å². The fraction of sp³-hybridized carbons (Fsp3) is 0.440. The lowest BCUT2D eigenvalue weighted by atomic mass is 10.1. The minimum absolute atomic E-state index is 0.0259. The fourth-order valence-electron chi connectivity index (χ4n) is 3.20. The molecule has 0 spiro atoms. The second-order valence-corrected chi connectivity index (χ2v) is 7.84. The molecule has 0 radical (unpaired) electrons. The van der Waals surface area contributed by atoms with Gasteiger partial charge in [-0.05, 0) is 36.5 Å². The third-order valence-electron chi connectivity index (χ3n) is 4.81. The van der Waals surface area contributed by atoms with Crippen molar-refractivity contribution in [3.63, 3.8) is 0 Å². The van der Waals surface area contributed by atoms with Crippen LogP contribution >= 0.6 is 0 Å². The molecule has 0 saturated carbocycles. The highest BCUT2D eigenvalue weighted by atomic mass is 16.5. The van der Waals surface area contributed by atoms with E-state index < -0.39 is 6.04 Å². The van der Waals surface area contributed by atoms with Crippen molar-refractivity contribution in [2.24, 2.45) is 5.92 Å². The number of carbonyl (C=O) groups is 2. The number of amides is 2. The number of hydrogen-bond donors (Lipinski definition) is 1.